The van der Waals surface area contributed by atoms with Crippen LogP contribution < -0.4 is 10.6 Å². The molecule has 4 saturated carbocycles. The Balaban J connectivity index is 1.26. The van der Waals surface area contributed by atoms with Crippen molar-refractivity contribution in [2.24, 2.45) is 29.6 Å². The van der Waals surface area contributed by atoms with E-state index in [1.54, 1.807) is 0 Å². The van der Waals surface area contributed by atoms with Crippen molar-refractivity contribution in [3.8, 4) is 0 Å². The summed E-state index contributed by atoms with van der Waals surface area (Å²) >= 11 is 0. The van der Waals surface area contributed by atoms with Crippen molar-refractivity contribution in [2.75, 3.05) is 13.1 Å². The molecule has 5 rings (SSSR count). The summed E-state index contributed by atoms with van der Waals surface area (Å²) in [7, 11) is 0. The van der Waals surface area contributed by atoms with Gasteiger partial charge in [0, 0.05) is 12.5 Å². The summed E-state index contributed by atoms with van der Waals surface area (Å²) in [6.07, 6.45) is 11.5. The first-order valence-corrected chi connectivity index (χ1v) is 9.28. The minimum absolute atomic E-state index is 0.332. The van der Waals surface area contributed by atoms with Crippen molar-refractivity contribution in [3.05, 3.63) is 0 Å². The molecule has 1 amide bonds. The van der Waals surface area contributed by atoms with E-state index >= 15 is 0 Å². The molecule has 0 radical (unpaired) electrons. The van der Waals surface area contributed by atoms with E-state index in [-0.39, 0.29) is 0 Å². The molecule has 4 aliphatic carbocycles. The van der Waals surface area contributed by atoms with Gasteiger partial charge in [-0.15, -0.1) is 0 Å². The van der Waals surface area contributed by atoms with Gasteiger partial charge in [-0.05, 0) is 94.0 Å². The van der Waals surface area contributed by atoms with Crippen LogP contribution in [0.5, 0.6) is 0 Å². The molecule has 118 valence electrons. The highest BCUT2D eigenvalue weighted by Gasteiger charge is 2.48. The summed E-state index contributed by atoms with van der Waals surface area (Å²) in [5.74, 6) is 4.66. The fraction of sp³-hybridized carbons (Fsp3) is 0.944. The van der Waals surface area contributed by atoms with E-state index in [1.165, 1.54) is 44.9 Å². The predicted octanol–water partition coefficient (Wildman–Crippen LogP) is 2.71. The monoisotopic (exact) mass is 290 g/mol. The third-order valence-electron chi connectivity index (χ3n) is 6.73. The summed E-state index contributed by atoms with van der Waals surface area (Å²) in [6, 6.07) is 0.523. The van der Waals surface area contributed by atoms with Crippen LogP contribution in [0.1, 0.15) is 57.8 Å². The SMILES string of the molecule is O=C(CCC1CCCNC1)NC1C2CC3CC(C2)CC1C3. The van der Waals surface area contributed by atoms with Gasteiger partial charge >= 0.3 is 0 Å². The average Bonchev–Trinajstić information content (AvgIpc) is 2.49. The number of amides is 1. The predicted molar refractivity (Wildman–Crippen MR) is 83.8 cm³/mol. The van der Waals surface area contributed by atoms with Gasteiger partial charge in [-0.25, -0.2) is 0 Å². The van der Waals surface area contributed by atoms with Gasteiger partial charge in [-0.1, -0.05) is 0 Å². The average molecular weight is 290 g/mol. The quantitative estimate of drug-likeness (QED) is 0.836. The molecule has 5 aliphatic rings. The topological polar surface area (TPSA) is 41.1 Å². The molecule has 3 heteroatoms. The van der Waals surface area contributed by atoms with Crippen LogP contribution in [0, 0.1) is 29.6 Å². The lowest BCUT2D eigenvalue weighted by Crippen LogP contribution is -2.55. The Morgan fingerprint density at radius 1 is 1.05 bits per heavy atom. The fourth-order valence-electron chi connectivity index (χ4n) is 5.92. The zero-order chi connectivity index (χ0) is 14.2. The summed E-state index contributed by atoms with van der Waals surface area (Å²) in [5, 5.41) is 6.89. The van der Waals surface area contributed by atoms with E-state index in [1.807, 2.05) is 0 Å². The maximum Gasteiger partial charge on any atom is 0.220 e. The Labute approximate surface area is 128 Å². The van der Waals surface area contributed by atoms with Crippen molar-refractivity contribution in [2.45, 2.75) is 63.8 Å². The second kappa shape index (κ2) is 5.91. The van der Waals surface area contributed by atoms with Gasteiger partial charge in [0.25, 0.3) is 0 Å². The zero-order valence-electron chi connectivity index (χ0n) is 13.2. The Hall–Kier alpha value is -0.570. The molecule has 21 heavy (non-hydrogen) atoms. The molecule has 3 nitrogen and oxygen atoms in total. The largest absolute Gasteiger partial charge is 0.353 e. The molecule has 1 aliphatic heterocycles. The Bertz CT molecular complexity index is 361. The van der Waals surface area contributed by atoms with Gasteiger partial charge < -0.3 is 10.6 Å². The number of nitrogens with one attached hydrogen (secondary N) is 2. The van der Waals surface area contributed by atoms with Crippen LogP contribution in [-0.2, 0) is 4.79 Å². The van der Waals surface area contributed by atoms with Crippen LogP contribution in [0.15, 0.2) is 0 Å². The summed E-state index contributed by atoms with van der Waals surface area (Å²) in [4.78, 5) is 12.3. The molecule has 1 heterocycles. The molecule has 2 N–H and O–H groups in total. The van der Waals surface area contributed by atoms with E-state index in [0.29, 0.717) is 11.9 Å². The number of carbonyl (C=O) groups is 1. The lowest BCUT2D eigenvalue weighted by atomic mass is 9.54. The molecule has 0 aromatic rings. The first kappa shape index (κ1) is 14.0. The number of piperidine rings is 1. The van der Waals surface area contributed by atoms with Gasteiger partial charge in [0.05, 0.1) is 0 Å². The summed E-state index contributed by atoms with van der Waals surface area (Å²) < 4.78 is 0. The molecule has 0 aromatic carbocycles. The van der Waals surface area contributed by atoms with Gasteiger partial charge in [0.15, 0.2) is 0 Å². The summed E-state index contributed by atoms with van der Waals surface area (Å²) in [5.41, 5.74) is 0. The van der Waals surface area contributed by atoms with Crippen molar-refractivity contribution in [3.63, 3.8) is 0 Å². The zero-order valence-corrected chi connectivity index (χ0v) is 13.2. The van der Waals surface area contributed by atoms with Crippen molar-refractivity contribution in [1.82, 2.24) is 10.6 Å². The lowest BCUT2D eigenvalue weighted by Gasteiger charge is -2.54. The van der Waals surface area contributed by atoms with Gasteiger partial charge in [-0.3, -0.25) is 4.79 Å². The van der Waals surface area contributed by atoms with Crippen LogP contribution >= 0.6 is 0 Å². The highest BCUT2D eigenvalue weighted by atomic mass is 16.1. The minimum Gasteiger partial charge on any atom is -0.353 e. The standard InChI is InChI=1S/C18H30N2O/c21-17(4-3-12-2-1-5-19-11-12)20-18-15-7-13-6-14(9-15)10-16(18)8-13/h12-16,18-19H,1-11H2,(H,20,21). The van der Waals surface area contributed by atoms with Gasteiger partial charge in [0.2, 0.25) is 5.91 Å². The highest BCUT2D eigenvalue weighted by Crippen LogP contribution is 2.53. The first-order chi connectivity index (χ1) is 10.3. The lowest BCUT2D eigenvalue weighted by molar-refractivity contribution is -0.125. The van der Waals surface area contributed by atoms with Crippen LogP contribution in [-0.4, -0.2) is 25.0 Å². The molecule has 0 spiro atoms. The van der Waals surface area contributed by atoms with E-state index < -0.39 is 0 Å². The normalized spacial score (nSPS) is 44.8. The number of rotatable bonds is 4. The molecule has 1 unspecified atom stereocenters. The smallest absolute Gasteiger partial charge is 0.220 e. The Kier molecular flexibility index (Phi) is 3.95. The second-order valence-electron chi connectivity index (χ2n) is 8.28. The maximum absolute atomic E-state index is 12.3. The van der Waals surface area contributed by atoms with Crippen molar-refractivity contribution >= 4 is 5.91 Å². The van der Waals surface area contributed by atoms with E-state index in [4.69, 9.17) is 0 Å². The van der Waals surface area contributed by atoms with E-state index in [9.17, 15) is 4.79 Å². The molecule has 1 saturated heterocycles. The molecule has 1 atom stereocenters. The first-order valence-electron chi connectivity index (χ1n) is 9.28. The molecular weight excluding hydrogens is 260 g/mol. The van der Waals surface area contributed by atoms with E-state index in [2.05, 4.69) is 10.6 Å². The molecule has 5 fully saturated rings. The fourth-order valence-corrected chi connectivity index (χ4v) is 5.92. The maximum atomic E-state index is 12.3. The van der Waals surface area contributed by atoms with Gasteiger partial charge in [0.1, 0.15) is 0 Å². The Morgan fingerprint density at radius 3 is 2.38 bits per heavy atom. The van der Waals surface area contributed by atoms with E-state index in [0.717, 1.165) is 55.5 Å². The minimum atomic E-state index is 0.332. The van der Waals surface area contributed by atoms with Crippen LogP contribution in [0.3, 0.4) is 0 Å². The number of hydrogen-bond donors (Lipinski definition) is 2. The van der Waals surface area contributed by atoms with Crippen LogP contribution in [0.4, 0.5) is 0 Å². The third kappa shape index (κ3) is 2.99. The van der Waals surface area contributed by atoms with Gasteiger partial charge in [-0.2, -0.15) is 0 Å². The molecule has 4 bridgehead atoms. The van der Waals surface area contributed by atoms with Crippen molar-refractivity contribution < 1.29 is 4.79 Å². The number of hydrogen-bond acceptors (Lipinski definition) is 2. The van der Waals surface area contributed by atoms with Crippen LogP contribution in [0.2, 0.25) is 0 Å². The second-order valence-corrected chi connectivity index (χ2v) is 8.28. The number of carbonyl (C=O) groups excluding carboxylic acids is 1. The summed E-state index contributed by atoms with van der Waals surface area (Å²) in [6.45, 7) is 2.28. The molecular formula is C18H30N2O. The van der Waals surface area contributed by atoms with Crippen LogP contribution in [0.25, 0.3) is 0 Å². The highest BCUT2D eigenvalue weighted by molar-refractivity contribution is 5.76. The third-order valence-corrected chi connectivity index (χ3v) is 6.73. The van der Waals surface area contributed by atoms with Crippen molar-refractivity contribution in [1.29, 1.82) is 0 Å². The molecule has 0 aromatic heterocycles. The Morgan fingerprint density at radius 2 is 1.76 bits per heavy atom.